The summed E-state index contributed by atoms with van der Waals surface area (Å²) in [6.07, 6.45) is 0. The van der Waals surface area contributed by atoms with Crippen LogP contribution in [0.25, 0.3) is 10.6 Å². The molecule has 0 fully saturated rings. The van der Waals surface area contributed by atoms with Crippen molar-refractivity contribution in [3.05, 3.63) is 89.5 Å². The lowest BCUT2D eigenvalue weighted by Crippen LogP contribution is -2.10. The minimum Gasteiger partial charge on any atom is -0.497 e. The molecular weight excluding hydrogens is 452 g/mol. The Hall–Kier alpha value is -2.99. The molecule has 3 aromatic carbocycles. The van der Waals surface area contributed by atoms with E-state index in [1.54, 1.807) is 14.2 Å². The number of halogens is 1. The highest BCUT2D eigenvalue weighted by atomic mass is 35.5. The van der Waals surface area contributed by atoms with Gasteiger partial charge in [0.1, 0.15) is 23.9 Å². The Labute approximate surface area is 206 Å². The highest BCUT2D eigenvalue weighted by Crippen LogP contribution is 2.36. The molecule has 0 aliphatic heterocycles. The maximum Gasteiger partial charge on any atom is 0.119 e. The molecule has 180 valence electrons. The number of hydrogen-bond acceptors (Lipinski definition) is 5. The van der Waals surface area contributed by atoms with E-state index < -0.39 is 0 Å². The van der Waals surface area contributed by atoms with Gasteiger partial charge in [0.25, 0.3) is 0 Å². The van der Waals surface area contributed by atoms with Gasteiger partial charge in [-0.25, -0.2) is 0 Å². The molecule has 0 atom stereocenters. The van der Waals surface area contributed by atoms with Crippen LogP contribution in [-0.2, 0) is 9.47 Å². The second-order valence-electron chi connectivity index (χ2n) is 7.33. The van der Waals surface area contributed by atoms with Crippen molar-refractivity contribution in [2.45, 2.75) is 6.92 Å². The van der Waals surface area contributed by atoms with Crippen molar-refractivity contribution >= 4 is 22.2 Å². The number of rotatable bonds is 13. The quantitative estimate of drug-likeness (QED) is 0.211. The lowest BCUT2D eigenvalue weighted by atomic mass is 9.95. The molecule has 0 aromatic heterocycles. The second-order valence-corrected chi connectivity index (χ2v) is 7.71. The molecular formula is C28H31ClO5. The van der Waals surface area contributed by atoms with E-state index in [0.717, 1.165) is 39.5 Å². The number of ether oxygens (including phenoxy) is 5. The predicted octanol–water partition coefficient (Wildman–Crippen LogP) is 6.29. The lowest BCUT2D eigenvalue weighted by molar-refractivity contribution is 0.0405. The van der Waals surface area contributed by atoms with Crippen LogP contribution in [-0.4, -0.2) is 47.3 Å². The third-order valence-electron chi connectivity index (χ3n) is 5.16. The lowest BCUT2D eigenvalue weighted by Gasteiger charge is -2.14. The SMILES string of the molecule is CCOCCOCCOc1ccc(/C(=C(/Cl)c2ccc(OC)cc2)c2ccc(OC)cc2)cc1. The van der Waals surface area contributed by atoms with Crippen molar-refractivity contribution in [1.29, 1.82) is 0 Å². The Morgan fingerprint density at radius 3 is 1.53 bits per heavy atom. The molecule has 5 nitrogen and oxygen atoms in total. The van der Waals surface area contributed by atoms with E-state index in [1.165, 1.54) is 0 Å². The van der Waals surface area contributed by atoms with Crippen LogP contribution >= 0.6 is 11.6 Å². The average molecular weight is 483 g/mol. The van der Waals surface area contributed by atoms with E-state index in [0.29, 0.717) is 38.1 Å². The largest absolute Gasteiger partial charge is 0.497 e. The van der Waals surface area contributed by atoms with Gasteiger partial charge in [0.05, 0.1) is 39.1 Å². The summed E-state index contributed by atoms with van der Waals surface area (Å²) in [5, 5.41) is 0.643. The second kappa shape index (κ2) is 13.7. The number of benzene rings is 3. The Morgan fingerprint density at radius 2 is 1.03 bits per heavy atom. The summed E-state index contributed by atoms with van der Waals surface area (Å²) in [6.45, 7) is 4.80. The first kappa shape index (κ1) is 25.6. The van der Waals surface area contributed by atoms with Gasteiger partial charge in [-0.1, -0.05) is 35.9 Å². The van der Waals surface area contributed by atoms with Gasteiger partial charge < -0.3 is 23.7 Å². The summed E-state index contributed by atoms with van der Waals surface area (Å²) in [6, 6.07) is 23.5. The molecule has 0 radical (unpaired) electrons. The maximum absolute atomic E-state index is 6.95. The fourth-order valence-corrected chi connectivity index (χ4v) is 3.70. The molecule has 34 heavy (non-hydrogen) atoms. The molecule has 0 amide bonds. The monoisotopic (exact) mass is 482 g/mol. The molecule has 3 aromatic rings. The van der Waals surface area contributed by atoms with E-state index in [-0.39, 0.29) is 0 Å². The van der Waals surface area contributed by atoms with Crippen molar-refractivity contribution in [3.8, 4) is 17.2 Å². The summed E-state index contributed by atoms with van der Waals surface area (Å²) >= 11 is 6.95. The van der Waals surface area contributed by atoms with E-state index in [1.807, 2.05) is 79.7 Å². The standard InChI is InChI=1S/C28H31ClO5/c1-4-32-17-18-33-19-20-34-26-15-7-22(8-16-26)27(21-5-11-24(30-2)12-6-21)28(29)23-9-13-25(31-3)14-10-23/h5-16H,4,17-20H2,1-3H3/b28-27+. The van der Waals surface area contributed by atoms with Gasteiger partial charge in [-0.15, -0.1) is 0 Å². The number of hydrogen-bond donors (Lipinski definition) is 0. The summed E-state index contributed by atoms with van der Waals surface area (Å²) in [5.41, 5.74) is 3.78. The molecule has 6 heteroatoms. The normalized spacial score (nSPS) is 11.6. The third kappa shape index (κ3) is 7.26. The Morgan fingerprint density at radius 1 is 0.588 bits per heavy atom. The van der Waals surface area contributed by atoms with Crippen LogP contribution < -0.4 is 14.2 Å². The van der Waals surface area contributed by atoms with Crippen molar-refractivity contribution in [2.24, 2.45) is 0 Å². The molecule has 0 aliphatic rings. The van der Waals surface area contributed by atoms with Crippen LogP contribution in [0.3, 0.4) is 0 Å². The van der Waals surface area contributed by atoms with Crippen molar-refractivity contribution in [2.75, 3.05) is 47.3 Å². The van der Waals surface area contributed by atoms with E-state index in [2.05, 4.69) is 0 Å². The molecule has 0 N–H and O–H groups in total. The zero-order valence-electron chi connectivity index (χ0n) is 19.9. The molecule has 0 unspecified atom stereocenters. The van der Waals surface area contributed by atoms with Crippen LogP contribution in [0.5, 0.6) is 17.2 Å². The minimum atomic E-state index is 0.471. The van der Waals surface area contributed by atoms with Crippen LogP contribution in [0.2, 0.25) is 0 Å². The fraction of sp³-hybridized carbons (Fsp3) is 0.286. The molecule has 0 spiro atoms. The van der Waals surface area contributed by atoms with Gasteiger partial charge >= 0.3 is 0 Å². The Kier molecular flexibility index (Phi) is 10.3. The summed E-state index contributed by atoms with van der Waals surface area (Å²) in [4.78, 5) is 0. The zero-order chi connectivity index (χ0) is 24.2. The first-order chi connectivity index (χ1) is 16.7. The topological polar surface area (TPSA) is 46.2 Å². The summed E-state index contributed by atoms with van der Waals surface area (Å²) in [5.74, 6) is 2.34. The zero-order valence-corrected chi connectivity index (χ0v) is 20.6. The van der Waals surface area contributed by atoms with Crippen LogP contribution in [0.4, 0.5) is 0 Å². The minimum absolute atomic E-state index is 0.471. The van der Waals surface area contributed by atoms with Crippen LogP contribution in [0.1, 0.15) is 23.6 Å². The van der Waals surface area contributed by atoms with Gasteiger partial charge in [0.15, 0.2) is 0 Å². The Balaban J connectivity index is 1.80. The molecule has 3 rings (SSSR count). The van der Waals surface area contributed by atoms with Gasteiger partial charge in [-0.3, -0.25) is 0 Å². The maximum atomic E-state index is 6.95. The van der Waals surface area contributed by atoms with E-state index in [9.17, 15) is 0 Å². The molecule has 0 aliphatic carbocycles. The van der Waals surface area contributed by atoms with E-state index in [4.69, 9.17) is 35.3 Å². The first-order valence-corrected chi connectivity index (χ1v) is 11.6. The van der Waals surface area contributed by atoms with Gasteiger partial charge in [-0.05, 0) is 72.1 Å². The molecule has 0 saturated heterocycles. The third-order valence-corrected chi connectivity index (χ3v) is 5.56. The smallest absolute Gasteiger partial charge is 0.119 e. The predicted molar refractivity (Wildman–Crippen MR) is 137 cm³/mol. The molecule has 0 saturated carbocycles. The van der Waals surface area contributed by atoms with Crippen molar-refractivity contribution in [1.82, 2.24) is 0 Å². The van der Waals surface area contributed by atoms with E-state index >= 15 is 0 Å². The first-order valence-electron chi connectivity index (χ1n) is 11.2. The Bertz CT molecular complexity index is 1030. The number of methoxy groups -OCH3 is 2. The van der Waals surface area contributed by atoms with Gasteiger partial charge in [-0.2, -0.15) is 0 Å². The highest BCUT2D eigenvalue weighted by Gasteiger charge is 2.13. The molecule has 0 bridgehead atoms. The summed E-state index contributed by atoms with van der Waals surface area (Å²) < 4.78 is 27.2. The van der Waals surface area contributed by atoms with Gasteiger partial charge in [0.2, 0.25) is 0 Å². The van der Waals surface area contributed by atoms with Crippen molar-refractivity contribution < 1.29 is 23.7 Å². The van der Waals surface area contributed by atoms with Crippen LogP contribution in [0.15, 0.2) is 72.8 Å². The van der Waals surface area contributed by atoms with Crippen LogP contribution in [0, 0.1) is 0 Å². The fourth-order valence-electron chi connectivity index (χ4n) is 3.36. The van der Waals surface area contributed by atoms with Crippen molar-refractivity contribution in [3.63, 3.8) is 0 Å². The highest BCUT2D eigenvalue weighted by molar-refractivity contribution is 6.53. The molecule has 0 heterocycles. The summed E-state index contributed by atoms with van der Waals surface area (Å²) in [7, 11) is 3.30. The van der Waals surface area contributed by atoms with Gasteiger partial charge in [0, 0.05) is 12.2 Å². The average Bonchev–Trinajstić information content (AvgIpc) is 2.89.